The third kappa shape index (κ3) is 2.82. The Morgan fingerprint density at radius 3 is 2.90 bits per heavy atom. The largest absolute Gasteiger partial charge is 0.495 e. The van der Waals surface area contributed by atoms with E-state index in [0.29, 0.717) is 17.9 Å². The van der Waals surface area contributed by atoms with E-state index in [0.717, 1.165) is 24.0 Å². The Balaban J connectivity index is 1.77. The predicted molar refractivity (Wildman–Crippen MR) is 78.3 cm³/mol. The molecule has 4 nitrogen and oxygen atoms in total. The Hall–Kier alpha value is -2.54. The number of carbonyl (C=O) groups excluding carboxylic acids is 1. The van der Waals surface area contributed by atoms with Crippen molar-refractivity contribution in [3.05, 3.63) is 53.3 Å². The number of nitrogens with zero attached hydrogens (tertiary/aromatic N) is 2. The highest BCUT2D eigenvalue weighted by atomic mass is 16.5. The van der Waals surface area contributed by atoms with Crippen LogP contribution in [-0.4, -0.2) is 17.5 Å². The fraction of sp³-hybridized carbons (Fsp3) is 0.294. The van der Waals surface area contributed by atoms with Crippen molar-refractivity contribution in [2.24, 2.45) is 5.92 Å². The summed E-state index contributed by atoms with van der Waals surface area (Å²) in [7, 11) is 1.55. The van der Waals surface area contributed by atoms with Gasteiger partial charge in [-0.15, -0.1) is 0 Å². The smallest absolute Gasteiger partial charge is 0.167 e. The van der Waals surface area contributed by atoms with Crippen LogP contribution in [0.25, 0.3) is 0 Å². The molecule has 0 bridgehead atoms. The number of Topliss-reactive ketones (excluding diaryl/α,β-unsaturated/α-hetero) is 1. The maximum absolute atomic E-state index is 12.0. The summed E-state index contributed by atoms with van der Waals surface area (Å²) in [5.74, 6) is 1.08. The van der Waals surface area contributed by atoms with Crippen molar-refractivity contribution in [3.63, 3.8) is 0 Å². The van der Waals surface area contributed by atoms with Crippen LogP contribution in [0, 0.1) is 17.2 Å². The van der Waals surface area contributed by atoms with Gasteiger partial charge in [0.15, 0.2) is 5.78 Å². The Labute approximate surface area is 123 Å². The van der Waals surface area contributed by atoms with Crippen LogP contribution in [0.2, 0.25) is 0 Å². The zero-order chi connectivity index (χ0) is 14.8. The topological polar surface area (TPSA) is 55.0 Å². The van der Waals surface area contributed by atoms with E-state index in [1.54, 1.807) is 13.2 Å². The summed E-state index contributed by atoms with van der Waals surface area (Å²) in [5, 5.41) is 9.10. The lowest BCUT2D eigenvalue weighted by Crippen LogP contribution is -2.01. The second-order valence-electron chi connectivity index (χ2n) is 5.36. The van der Waals surface area contributed by atoms with Gasteiger partial charge in [0.1, 0.15) is 11.8 Å². The van der Waals surface area contributed by atoms with Gasteiger partial charge >= 0.3 is 0 Å². The molecule has 0 radical (unpaired) electrons. The molecule has 1 saturated carbocycles. The van der Waals surface area contributed by atoms with Crippen LogP contribution in [-0.2, 0) is 6.54 Å². The first-order valence-electron chi connectivity index (χ1n) is 6.98. The summed E-state index contributed by atoms with van der Waals surface area (Å²) in [6, 6.07) is 9.55. The summed E-state index contributed by atoms with van der Waals surface area (Å²) in [5.41, 5.74) is 2.32. The number of methoxy groups -OCH3 is 1. The second kappa shape index (κ2) is 5.45. The molecule has 0 amide bonds. The maximum Gasteiger partial charge on any atom is 0.167 e. The first-order chi connectivity index (χ1) is 10.2. The first-order valence-corrected chi connectivity index (χ1v) is 6.98. The van der Waals surface area contributed by atoms with Crippen molar-refractivity contribution in [1.29, 1.82) is 5.26 Å². The average molecular weight is 280 g/mol. The molecule has 0 saturated heterocycles. The molecule has 2 aromatic rings. The van der Waals surface area contributed by atoms with Crippen LogP contribution in [0.4, 0.5) is 0 Å². The molecule has 0 aliphatic heterocycles. The van der Waals surface area contributed by atoms with Crippen LogP contribution in [0.1, 0.15) is 34.3 Å². The number of hydrogen-bond acceptors (Lipinski definition) is 3. The highest BCUT2D eigenvalue weighted by molar-refractivity contribution is 5.99. The minimum atomic E-state index is 0.243. The van der Waals surface area contributed by atoms with E-state index in [4.69, 9.17) is 10.00 Å². The molecule has 1 aromatic heterocycles. The second-order valence-corrected chi connectivity index (χ2v) is 5.36. The van der Waals surface area contributed by atoms with Gasteiger partial charge < -0.3 is 9.30 Å². The van der Waals surface area contributed by atoms with E-state index in [1.165, 1.54) is 0 Å². The van der Waals surface area contributed by atoms with Gasteiger partial charge in [-0.3, -0.25) is 4.79 Å². The fourth-order valence-electron chi connectivity index (χ4n) is 2.42. The third-order valence-electron chi connectivity index (χ3n) is 3.73. The van der Waals surface area contributed by atoms with E-state index in [-0.39, 0.29) is 11.7 Å². The predicted octanol–water partition coefficient (Wildman–Crippen LogP) is 3.01. The van der Waals surface area contributed by atoms with Crippen LogP contribution in [0.15, 0.2) is 36.7 Å². The molecule has 4 heteroatoms. The molecular formula is C17H16N2O2. The number of ether oxygens (including phenoxy) is 1. The molecule has 106 valence electrons. The Morgan fingerprint density at radius 2 is 2.24 bits per heavy atom. The molecule has 1 heterocycles. The molecule has 0 unspecified atom stereocenters. The monoisotopic (exact) mass is 280 g/mol. The quantitative estimate of drug-likeness (QED) is 0.791. The summed E-state index contributed by atoms with van der Waals surface area (Å²) in [6.45, 7) is 0.636. The number of hydrogen-bond donors (Lipinski definition) is 0. The molecule has 3 rings (SSSR count). The summed E-state index contributed by atoms with van der Waals surface area (Å²) >= 11 is 0. The molecule has 1 aliphatic rings. The van der Waals surface area contributed by atoms with E-state index in [2.05, 4.69) is 6.07 Å². The van der Waals surface area contributed by atoms with Crippen molar-refractivity contribution in [2.75, 3.05) is 7.11 Å². The van der Waals surface area contributed by atoms with Crippen LogP contribution >= 0.6 is 0 Å². The maximum atomic E-state index is 12.0. The van der Waals surface area contributed by atoms with Crippen LogP contribution < -0.4 is 4.74 Å². The minimum Gasteiger partial charge on any atom is -0.495 e. The molecule has 0 atom stereocenters. The Bertz CT molecular complexity index is 721. The number of aromatic nitrogens is 1. The van der Waals surface area contributed by atoms with E-state index >= 15 is 0 Å². The average Bonchev–Trinajstić information content (AvgIpc) is 3.26. The van der Waals surface area contributed by atoms with Crippen LogP contribution in [0.5, 0.6) is 5.75 Å². The van der Waals surface area contributed by atoms with E-state index < -0.39 is 0 Å². The molecule has 1 aliphatic carbocycles. The molecule has 0 N–H and O–H groups in total. The van der Waals surface area contributed by atoms with Gasteiger partial charge in [-0.05, 0) is 36.6 Å². The van der Waals surface area contributed by atoms with E-state index in [9.17, 15) is 4.79 Å². The van der Waals surface area contributed by atoms with Gasteiger partial charge in [0.2, 0.25) is 0 Å². The molecular weight excluding hydrogens is 264 g/mol. The molecule has 21 heavy (non-hydrogen) atoms. The standard InChI is InChI=1S/C17H16N2O2/c1-21-16-5-2-12(8-15(16)9-18)10-19-7-6-14(11-19)17(20)13-3-4-13/h2,5-8,11,13H,3-4,10H2,1H3. The zero-order valence-corrected chi connectivity index (χ0v) is 11.9. The minimum absolute atomic E-state index is 0.243. The zero-order valence-electron chi connectivity index (χ0n) is 11.9. The number of benzene rings is 1. The fourth-order valence-corrected chi connectivity index (χ4v) is 2.42. The number of ketones is 1. The normalized spacial score (nSPS) is 13.7. The van der Waals surface area contributed by atoms with Crippen molar-refractivity contribution in [2.45, 2.75) is 19.4 Å². The van der Waals surface area contributed by atoms with Gasteiger partial charge in [0.05, 0.1) is 12.7 Å². The van der Waals surface area contributed by atoms with Gasteiger partial charge in [0, 0.05) is 30.4 Å². The SMILES string of the molecule is COc1ccc(Cn2ccc(C(=O)C3CC3)c2)cc1C#N. The van der Waals surface area contributed by atoms with Crippen molar-refractivity contribution in [1.82, 2.24) is 4.57 Å². The van der Waals surface area contributed by atoms with Gasteiger partial charge in [-0.1, -0.05) is 6.07 Å². The van der Waals surface area contributed by atoms with E-state index in [1.807, 2.05) is 35.2 Å². The van der Waals surface area contributed by atoms with Crippen LogP contribution in [0.3, 0.4) is 0 Å². The van der Waals surface area contributed by atoms with Crippen molar-refractivity contribution >= 4 is 5.78 Å². The Kier molecular flexibility index (Phi) is 3.49. The molecule has 0 spiro atoms. The van der Waals surface area contributed by atoms with Gasteiger partial charge in [0.25, 0.3) is 0 Å². The number of rotatable bonds is 5. The molecule has 1 aromatic carbocycles. The summed E-state index contributed by atoms with van der Waals surface area (Å²) < 4.78 is 7.11. The number of nitriles is 1. The van der Waals surface area contributed by atoms with Gasteiger partial charge in [-0.2, -0.15) is 5.26 Å². The van der Waals surface area contributed by atoms with Gasteiger partial charge in [-0.25, -0.2) is 0 Å². The summed E-state index contributed by atoms with van der Waals surface area (Å²) in [6.07, 6.45) is 5.84. The highest BCUT2D eigenvalue weighted by Crippen LogP contribution is 2.32. The third-order valence-corrected chi connectivity index (χ3v) is 3.73. The highest BCUT2D eigenvalue weighted by Gasteiger charge is 2.30. The summed E-state index contributed by atoms with van der Waals surface area (Å²) in [4.78, 5) is 12.0. The number of carbonyl (C=O) groups is 1. The lowest BCUT2D eigenvalue weighted by Gasteiger charge is -2.07. The van der Waals surface area contributed by atoms with Crippen molar-refractivity contribution < 1.29 is 9.53 Å². The first kappa shape index (κ1) is 13.4. The van der Waals surface area contributed by atoms with Crippen molar-refractivity contribution in [3.8, 4) is 11.8 Å². The lowest BCUT2D eigenvalue weighted by molar-refractivity contribution is 0.0967. The lowest BCUT2D eigenvalue weighted by atomic mass is 10.1. The molecule has 1 fully saturated rings. The Morgan fingerprint density at radius 1 is 1.43 bits per heavy atom.